The molecule has 0 heterocycles. The molecule has 2 aromatic rings. The van der Waals surface area contributed by atoms with Gasteiger partial charge in [0, 0.05) is 11.3 Å². The number of rotatable bonds is 7. The molecule has 0 spiro atoms. The topological polar surface area (TPSA) is 42.8 Å². The number of fused-ring (bicyclic) bond motifs is 1. The largest absolute Gasteiger partial charge is 0.494 e. The molecular weight excluding hydrogens is 331 g/mol. The van der Waals surface area contributed by atoms with E-state index in [9.17, 15) is 9.18 Å². The summed E-state index contributed by atoms with van der Waals surface area (Å²) < 4.78 is 18.8. The van der Waals surface area contributed by atoms with E-state index in [1.165, 1.54) is 30.7 Å². The summed E-state index contributed by atoms with van der Waals surface area (Å²) in [5.41, 5.74) is 4.45. The van der Waals surface area contributed by atoms with Crippen molar-refractivity contribution in [3.8, 4) is 5.75 Å². The van der Waals surface area contributed by atoms with Gasteiger partial charge in [0.1, 0.15) is 6.54 Å². The average molecular weight is 357 g/mol. The number of hydrogen-bond acceptors (Lipinski definition) is 2. The maximum absolute atomic E-state index is 13.9. The lowest BCUT2D eigenvalue weighted by Gasteiger charge is -2.18. The second-order valence-electron chi connectivity index (χ2n) is 6.81. The predicted molar refractivity (Wildman–Crippen MR) is 100 cm³/mol. The van der Waals surface area contributed by atoms with E-state index in [2.05, 4.69) is 17.4 Å². The third-order valence-corrected chi connectivity index (χ3v) is 4.96. The highest BCUT2D eigenvalue weighted by Gasteiger charge is 2.16. The minimum Gasteiger partial charge on any atom is -0.494 e. The Kier molecular flexibility index (Phi) is 5.89. The SMILES string of the molecule is CC[NH+](CC(=O)Nc1ccc2c(c1)CCC2)Cc1ccc(OC)c(F)c1. The van der Waals surface area contributed by atoms with Crippen molar-refractivity contribution in [2.75, 3.05) is 25.5 Å². The van der Waals surface area contributed by atoms with Crippen molar-refractivity contribution in [3.05, 3.63) is 58.9 Å². The van der Waals surface area contributed by atoms with Crippen LogP contribution in [0.15, 0.2) is 36.4 Å². The zero-order valence-electron chi connectivity index (χ0n) is 15.4. The minimum absolute atomic E-state index is 0.0196. The molecule has 5 heteroatoms. The number of amides is 1. The second-order valence-corrected chi connectivity index (χ2v) is 6.81. The van der Waals surface area contributed by atoms with Crippen LogP contribution in [0, 0.1) is 5.82 Å². The molecule has 1 aliphatic rings. The first-order valence-corrected chi connectivity index (χ1v) is 9.16. The Labute approximate surface area is 154 Å². The molecule has 0 bridgehead atoms. The van der Waals surface area contributed by atoms with Gasteiger partial charge in [0.25, 0.3) is 5.91 Å². The van der Waals surface area contributed by atoms with Crippen molar-refractivity contribution in [1.82, 2.24) is 0 Å². The van der Waals surface area contributed by atoms with E-state index < -0.39 is 0 Å². The van der Waals surface area contributed by atoms with Crippen molar-refractivity contribution >= 4 is 11.6 Å². The van der Waals surface area contributed by atoms with Gasteiger partial charge in [0.15, 0.2) is 18.1 Å². The number of aryl methyl sites for hydroxylation is 2. The van der Waals surface area contributed by atoms with Gasteiger partial charge in [-0.05, 0) is 67.6 Å². The zero-order valence-corrected chi connectivity index (χ0v) is 15.4. The smallest absolute Gasteiger partial charge is 0.279 e. The highest BCUT2D eigenvalue weighted by atomic mass is 19.1. The molecule has 4 nitrogen and oxygen atoms in total. The standard InChI is InChI=1S/C21H25FN2O2/c1-3-24(13-15-7-10-20(26-2)19(22)11-15)14-21(25)23-18-9-8-16-5-4-6-17(16)12-18/h7-12H,3-6,13-14H2,1-2H3,(H,23,25)/p+1. The van der Waals surface area contributed by atoms with Gasteiger partial charge in [0.2, 0.25) is 0 Å². The van der Waals surface area contributed by atoms with Crippen molar-refractivity contribution in [3.63, 3.8) is 0 Å². The average Bonchev–Trinajstić information content (AvgIpc) is 3.09. The highest BCUT2D eigenvalue weighted by molar-refractivity contribution is 5.91. The molecule has 1 aliphatic carbocycles. The fourth-order valence-electron chi connectivity index (χ4n) is 3.50. The molecule has 0 aromatic heterocycles. The lowest BCUT2D eigenvalue weighted by atomic mass is 10.1. The van der Waals surface area contributed by atoms with Crippen LogP contribution < -0.4 is 15.0 Å². The lowest BCUT2D eigenvalue weighted by molar-refractivity contribution is -0.903. The first-order chi connectivity index (χ1) is 12.6. The number of anilines is 1. The molecule has 2 aromatic carbocycles. The zero-order chi connectivity index (χ0) is 18.5. The molecule has 26 heavy (non-hydrogen) atoms. The molecule has 138 valence electrons. The Morgan fingerprint density at radius 1 is 1.19 bits per heavy atom. The fourth-order valence-corrected chi connectivity index (χ4v) is 3.50. The van der Waals surface area contributed by atoms with Gasteiger partial charge in [-0.2, -0.15) is 0 Å². The van der Waals surface area contributed by atoms with Crippen molar-refractivity contribution < 1.29 is 18.8 Å². The van der Waals surface area contributed by atoms with E-state index in [4.69, 9.17) is 4.74 Å². The first kappa shape index (κ1) is 18.4. The Balaban J connectivity index is 1.59. The van der Waals surface area contributed by atoms with Crippen molar-refractivity contribution in [2.24, 2.45) is 0 Å². The molecule has 0 aliphatic heterocycles. The summed E-state index contributed by atoms with van der Waals surface area (Å²) in [4.78, 5) is 13.5. The summed E-state index contributed by atoms with van der Waals surface area (Å²) in [5.74, 6) is -0.155. The summed E-state index contributed by atoms with van der Waals surface area (Å²) in [5, 5.41) is 3.00. The van der Waals surface area contributed by atoms with Crippen molar-refractivity contribution in [1.29, 1.82) is 0 Å². The van der Waals surface area contributed by atoms with Crippen LogP contribution in [0.4, 0.5) is 10.1 Å². The van der Waals surface area contributed by atoms with Gasteiger partial charge in [-0.25, -0.2) is 4.39 Å². The van der Waals surface area contributed by atoms with Gasteiger partial charge < -0.3 is 15.0 Å². The quantitative estimate of drug-likeness (QED) is 0.799. The van der Waals surface area contributed by atoms with Crippen LogP contribution in [0.1, 0.15) is 30.0 Å². The summed E-state index contributed by atoms with van der Waals surface area (Å²) in [6, 6.07) is 11.1. The van der Waals surface area contributed by atoms with Crippen LogP contribution >= 0.6 is 0 Å². The number of carbonyl (C=O) groups is 1. The van der Waals surface area contributed by atoms with Crippen LogP contribution in [-0.4, -0.2) is 26.1 Å². The second kappa shape index (κ2) is 8.32. The molecule has 1 atom stereocenters. The minimum atomic E-state index is -0.372. The van der Waals surface area contributed by atoms with E-state index in [-0.39, 0.29) is 17.5 Å². The predicted octanol–water partition coefficient (Wildman–Crippen LogP) is 2.37. The first-order valence-electron chi connectivity index (χ1n) is 9.16. The number of nitrogens with one attached hydrogen (secondary N) is 2. The van der Waals surface area contributed by atoms with Gasteiger partial charge in [-0.3, -0.25) is 4.79 Å². The van der Waals surface area contributed by atoms with Gasteiger partial charge in [-0.1, -0.05) is 6.07 Å². The molecule has 1 unspecified atom stereocenters. The number of carbonyl (C=O) groups excluding carboxylic acids is 1. The maximum atomic E-state index is 13.9. The van der Waals surface area contributed by atoms with Gasteiger partial charge >= 0.3 is 0 Å². The number of methoxy groups -OCH3 is 1. The van der Waals surface area contributed by atoms with Crippen LogP contribution in [0.3, 0.4) is 0 Å². The number of benzene rings is 2. The number of hydrogen-bond donors (Lipinski definition) is 2. The van der Waals surface area contributed by atoms with Gasteiger partial charge in [0.05, 0.1) is 13.7 Å². The number of quaternary nitrogens is 1. The Hall–Kier alpha value is -2.40. The third kappa shape index (κ3) is 4.41. The van der Waals surface area contributed by atoms with Crippen LogP contribution in [-0.2, 0) is 24.2 Å². The van der Waals surface area contributed by atoms with E-state index in [0.29, 0.717) is 13.1 Å². The van der Waals surface area contributed by atoms with Crippen LogP contribution in [0.2, 0.25) is 0 Å². The Morgan fingerprint density at radius 3 is 2.73 bits per heavy atom. The third-order valence-electron chi connectivity index (χ3n) is 4.96. The molecule has 0 saturated carbocycles. The number of halogens is 1. The molecule has 0 fully saturated rings. The lowest BCUT2D eigenvalue weighted by Crippen LogP contribution is -3.11. The Morgan fingerprint density at radius 2 is 2.00 bits per heavy atom. The van der Waals surface area contributed by atoms with E-state index >= 15 is 0 Å². The summed E-state index contributed by atoms with van der Waals surface area (Å²) in [6.45, 7) is 3.75. The monoisotopic (exact) mass is 357 g/mol. The van der Waals surface area contributed by atoms with E-state index in [0.717, 1.165) is 35.5 Å². The maximum Gasteiger partial charge on any atom is 0.279 e. The highest BCUT2D eigenvalue weighted by Crippen LogP contribution is 2.24. The summed E-state index contributed by atoms with van der Waals surface area (Å²) >= 11 is 0. The van der Waals surface area contributed by atoms with E-state index in [1.54, 1.807) is 6.07 Å². The molecule has 2 N–H and O–H groups in total. The fraction of sp³-hybridized carbons (Fsp3) is 0.381. The summed E-state index contributed by atoms with van der Waals surface area (Å²) in [6.07, 6.45) is 3.42. The molecule has 0 saturated heterocycles. The van der Waals surface area contributed by atoms with Crippen LogP contribution in [0.5, 0.6) is 5.75 Å². The molecular formula is C21H26FN2O2+. The van der Waals surface area contributed by atoms with Gasteiger partial charge in [-0.15, -0.1) is 0 Å². The number of ether oxygens (including phenoxy) is 1. The van der Waals surface area contributed by atoms with E-state index in [1.807, 2.05) is 19.1 Å². The van der Waals surface area contributed by atoms with Crippen molar-refractivity contribution in [2.45, 2.75) is 32.7 Å². The summed E-state index contributed by atoms with van der Waals surface area (Å²) in [7, 11) is 1.45. The Bertz CT molecular complexity index is 792. The molecule has 3 rings (SSSR count). The molecule has 1 amide bonds. The molecule has 0 radical (unpaired) electrons. The normalized spacial score (nSPS) is 14.0. The number of likely N-dealkylation sites (N-methyl/N-ethyl adjacent to an activating group) is 1. The van der Waals surface area contributed by atoms with Crippen LogP contribution in [0.25, 0.3) is 0 Å².